The molecule has 1 aromatic carbocycles. The lowest BCUT2D eigenvalue weighted by Gasteiger charge is -2.29. The van der Waals surface area contributed by atoms with Crippen LogP contribution in [-0.4, -0.2) is 50.3 Å². The number of imidazole rings is 1. The summed E-state index contributed by atoms with van der Waals surface area (Å²) < 4.78 is 18.2. The Hall–Kier alpha value is -2.49. The maximum atomic E-state index is 14.6. The number of aromatic nitrogens is 3. The molecule has 2 aromatic heterocycles. The number of nitrogens with one attached hydrogen (secondary N) is 3. The SMILES string of the molecule is CC.CNC(CN(C)SC(C)(C)C=N)c1cc(Nc2nccn3ccnc23)ccc1F. The summed E-state index contributed by atoms with van der Waals surface area (Å²) in [5, 5.41) is 14.0. The molecule has 0 bridgehead atoms. The highest BCUT2D eigenvalue weighted by molar-refractivity contribution is 7.99. The number of anilines is 2. The van der Waals surface area contributed by atoms with Gasteiger partial charge in [0, 0.05) is 54.8 Å². The first-order chi connectivity index (χ1) is 14.8. The molecule has 0 radical (unpaired) electrons. The molecule has 168 valence electrons. The minimum absolute atomic E-state index is 0.217. The highest BCUT2D eigenvalue weighted by Crippen LogP contribution is 2.29. The Labute approximate surface area is 188 Å². The number of likely N-dealkylation sites (N-methyl/N-ethyl adjacent to an activating group) is 2. The van der Waals surface area contributed by atoms with Gasteiger partial charge in [-0.15, -0.1) is 0 Å². The zero-order valence-electron chi connectivity index (χ0n) is 19.0. The Morgan fingerprint density at radius 1 is 1.26 bits per heavy atom. The second-order valence-corrected chi connectivity index (χ2v) is 9.14. The van der Waals surface area contributed by atoms with E-state index in [2.05, 4.69) is 20.6 Å². The molecule has 0 amide bonds. The zero-order chi connectivity index (χ0) is 23.0. The van der Waals surface area contributed by atoms with Crippen molar-refractivity contribution in [2.75, 3.05) is 26.0 Å². The Morgan fingerprint density at radius 2 is 1.94 bits per heavy atom. The van der Waals surface area contributed by atoms with Crippen LogP contribution in [0.25, 0.3) is 5.65 Å². The Morgan fingerprint density at radius 3 is 2.58 bits per heavy atom. The molecule has 0 fully saturated rings. The normalized spacial score (nSPS) is 12.4. The van der Waals surface area contributed by atoms with Crippen LogP contribution in [0.15, 0.2) is 43.0 Å². The molecule has 0 saturated carbocycles. The van der Waals surface area contributed by atoms with Gasteiger partial charge in [-0.1, -0.05) is 25.8 Å². The third-order valence-corrected chi connectivity index (χ3v) is 5.52. The monoisotopic (exact) mass is 445 g/mol. The largest absolute Gasteiger partial charge is 0.337 e. The minimum Gasteiger partial charge on any atom is -0.337 e. The average Bonchev–Trinajstić information content (AvgIpc) is 3.24. The molecule has 1 atom stereocenters. The molecule has 3 rings (SSSR count). The molecule has 0 aliphatic rings. The van der Waals surface area contributed by atoms with E-state index in [0.717, 1.165) is 5.69 Å². The molecule has 0 saturated heterocycles. The summed E-state index contributed by atoms with van der Waals surface area (Å²) in [6.07, 6.45) is 8.48. The van der Waals surface area contributed by atoms with Gasteiger partial charge in [-0.25, -0.2) is 14.4 Å². The van der Waals surface area contributed by atoms with Crippen LogP contribution in [-0.2, 0) is 0 Å². The summed E-state index contributed by atoms with van der Waals surface area (Å²) >= 11 is 1.55. The van der Waals surface area contributed by atoms with E-state index in [1.165, 1.54) is 12.3 Å². The molecule has 0 aliphatic carbocycles. The van der Waals surface area contributed by atoms with E-state index in [0.29, 0.717) is 23.6 Å². The Bertz CT molecular complexity index is 989. The quantitative estimate of drug-likeness (QED) is 0.321. The van der Waals surface area contributed by atoms with Crippen LogP contribution < -0.4 is 10.6 Å². The number of hydrogen-bond donors (Lipinski definition) is 3. The summed E-state index contributed by atoms with van der Waals surface area (Å²) in [6.45, 7) is 8.53. The van der Waals surface area contributed by atoms with Gasteiger partial charge in [-0.3, -0.25) is 4.31 Å². The molecule has 0 spiro atoms. The summed E-state index contributed by atoms with van der Waals surface area (Å²) in [5.74, 6) is 0.336. The topological polar surface area (TPSA) is 81.3 Å². The number of hydrogen-bond acceptors (Lipinski definition) is 7. The van der Waals surface area contributed by atoms with E-state index >= 15 is 0 Å². The predicted molar refractivity (Wildman–Crippen MR) is 129 cm³/mol. The second kappa shape index (κ2) is 11.2. The maximum Gasteiger partial charge on any atom is 0.180 e. The molecule has 0 aliphatic heterocycles. The number of benzene rings is 1. The zero-order valence-corrected chi connectivity index (χ0v) is 19.8. The molecule has 3 N–H and O–H groups in total. The predicted octanol–water partition coefficient (Wildman–Crippen LogP) is 4.91. The van der Waals surface area contributed by atoms with Crippen LogP contribution in [0.2, 0.25) is 0 Å². The van der Waals surface area contributed by atoms with Crippen molar-refractivity contribution in [3.05, 3.63) is 54.4 Å². The summed E-state index contributed by atoms with van der Waals surface area (Å²) in [5.41, 5.74) is 2.00. The third-order valence-electron chi connectivity index (χ3n) is 4.47. The van der Waals surface area contributed by atoms with Crippen molar-refractivity contribution in [1.29, 1.82) is 5.41 Å². The fraction of sp³-hybridized carbons (Fsp3) is 0.409. The van der Waals surface area contributed by atoms with Crippen molar-refractivity contribution in [3.63, 3.8) is 0 Å². The average molecular weight is 446 g/mol. The lowest BCUT2D eigenvalue weighted by molar-refractivity contribution is 0.438. The first-order valence-corrected chi connectivity index (χ1v) is 11.0. The molecular formula is C22H32FN7S. The minimum atomic E-state index is -0.316. The van der Waals surface area contributed by atoms with E-state index in [1.807, 2.05) is 62.9 Å². The molecule has 31 heavy (non-hydrogen) atoms. The van der Waals surface area contributed by atoms with Gasteiger partial charge in [0.25, 0.3) is 0 Å². The Kier molecular flexibility index (Phi) is 8.97. The lowest BCUT2D eigenvalue weighted by atomic mass is 10.1. The number of nitrogens with zero attached hydrogens (tertiary/aromatic N) is 4. The van der Waals surface area contributed by atoms with Crippen LogP contribution in [0.4, 0.5) is 15.9 Å². The Balaban J connectivity index is 0.00000166. The van der Waals surface area contributed by atoms with E-state index in [4.69, 9.17) is 5.41 Å². The van der Waals surface area contributed by atoms with E-state index in [1.54, 1.807) is 36.5 Å². The lowest BCUT2D eigenvalue weighted by Crippen LogP contribution is -2.32. The van der Waals surface area contributed by atoms with Crippen LogP contribution in [0.3, 0.4) is 0 Å². The smallest absolute Gasteiger partial charge is 0.180 e. The summed E-state index contributed by atoms with van der Waals surface area (Å²) in [7, 11) is 3.76. The van der Waals surface area contributed by atoms with Gasteiger partial charge in [0.15, 0.2) is 11.5 Å². The number of rotatable bonds is 9. The van der Waals surface area contributed by atoms with Crippen molar-refractivity contribution in [1.82, 2.24) is 24.0 Å². The van der Waals surface area contributed by atoms with Crippen LogP contribution in [0, 0.1) is 11.2 Å². The van der Waals surface area contributed by atoms with Crippen LogP contribution in [0.1, 0.15) is 39.3 Å². The van der Waals surface area contributed by atoms with E-state index in [-0.39, 0.29) is 16.6 Å². The molecule has 1 unspecified atom stereocenters. The first kappa shape index (κ1) is 24.8. The van der Waals surface area contributed by atoms with Gasteiger partial charge in [0.1, 0.15) is 5.82 Å². The fourth-order valence-corrected chi connectivity index (χ4v) is 4.11. The third kappa shape index (κ3) is 6.49. The summed E-state index contributed by atoms with van der Waals surface area (Å²) in [6, 6.07) is 4.73. The van der Waals surface area contributed by atoms with Gasteiger partial charge >= 0.3 is 0 Å². The van der Waals surface area contributed by atoms with Crippen molar-refractivity contribution in [2.45, 2.75) is 38.5 Å². The van der Waals surface area contributed by atoms with Crippen molar-refractivity contribution >= 4 is 35.3 Å². The number of halogens is 1. The van der Waals surface area contributed by atoms with Crippen LogP contribution in [0.5, 0.6) is 0 Å². The van der Waals surface area contributed by atoms with Gasteiger partial charge in [0.05, 0.1) is 4.75 Å². The molecule has 9 heteroatoms. The number of fused-ring (bicyclic) bond motifs is 1. The second-order valence-electron chi connectivity index (χ2n) is 7.29. The van der Waals surface area contributed by atoms with Gasteiger partial charge in [-0.2, -0.15) is 0 Å². The molecule has 3 aromatic rings. The maximum absolute atomic E-state index is 14.6. The van der Waals surface area contributed by atoms with Gasteiger partial charge in [-0.05, 0) is 46.1 Å². The molecule has 2 heterocycles. The van der Waals surface area contributed by atoms with E-state index in [9.17, 15) is 4.39 Å². The van der Waals surface area contributed by atoms with Gasteiger partial charge in [0.2, 0.25) is 0 Å². The standard InChI is InChI=1S/C20H26FN7S.C2H6/c1-20(2,13-22)29-27(4)12-17(23-3)15-11-14(5-6-16(15)21)26-18-19-25-8-10-28(19)9-7-24-18;1-2/h5-11,13,17,22-23H,12H2,1-4H3,(H,24,26);1-2H3. The summed E-state index contributed by atoms with van der Waals surface area (Å²) in [4.78, 5) is 8.66. The van der Waals surface area contributed by atoms with Crippen LogP contribution >= 0.6 is 11.9 Å². The molecular weight excluding hydrogens is 413 g/mol. The van der Waals surface area contributed by atoms with Gasteiger partial charge < -0.3 is 20.4 Å². The van der Waals surface area contributed by atoms with Crippen molar-refractivity contribution < 1.29 is 4.39 Å². The molecule has 7 nitrogen and oxygen atoms in total. The van der Waals surface area contributed by atoms with Crippen molar-refractivity contribution in [2.24, 2.45) is 0 Å². The highest BCUT2D eigenvalue weighted by Gasteiger charge is 2.22. The first-order valence-electron chi connectivity index (χ1n) is 10.3. The highest BCUT2D eigenvalue weighted by atomic mass is 32.2. The fourth-order valence-electron chi connectivity index (χ4n) is 3.04. The van der Waals surface area contributed by atoms with E-state index < -0.39 is 0 Å². The van der Waals surface area contributed by atoms with Crippen molar-refractivity contribution in [3.8, 4) is 0 Å².